The van der Waals surface area contributed by atoms with Gasteiger partial charge in [-0.05, 0) is 113 Å². The lowest BCUT2D eigenvalue weighted by Crippen LogP contribution is -2.32. The Hall–Kier alpha value is -5.69. The van der Waals surface area contributed by atoms with Crippen LogP contribution in [-0.2, 0) is 50.9 Å². The van der Waals surface area contributed by atoms with E-state index in [1.165, 1.54) is 44.5 Å². The molecular formula is C51H67NO16. The molecule has 1 amide bonds. The van der Waals surface area contributed by atoms with E-state index in [-0.39, 0.29) is 55.4 Å². The third-order valence-corrected chi connectivity index (χ3v) is 11.6. The van der Waals surface area contributed by atoms with E-state index in [9.17, 15) is 44.4 Å². The number of ether oxygens (including phenoxy) is 7. The van der Waals surface area contributed by atoms with Crippen molar-refractivity contribution in [1.82, 2.24) is 5.32 Å². The van der Waals surface area contributed by atoms with Gasteiger partial charge in [0, 0.05) is 32.6 Å². The monoisotopic (exact) mass is 949 g/mol. The number of carbonyl (C=O) groups excluding carboxylic acids is 5. The average molecular weight is 950 g/mol. The number of benzene rings is 2. The summed E-state index contributed by atoms with van der Waals surface area (Å²) in [5.41, 5.74) is 2.87. The maximum absolute atomic E-state index is 13.4. The smallest absolute Gasteiger partial charge is 0.406 e. The second-order valence-corrected chi connectivity index (χ2v) is 17.3. The van der Waals surface area contributed by atoms with Crippen molar-refractivity contribution >= 4 is 41.8 Å². The Bertz CT molecular complexity index is 2190. The molecule has 0 aromatic heterocycles. The molecule has 0 saturated carbocycles. The number of phenolic OH excluding ortho intramolecular Hbond substituents is 1. The van der Waals surface area contributed by atoms with Gasteiger partial charge in [0.15, 0.2) is 24.1 Å². The number of amides is 1. The molecule has 2 aromatic rings. The van der Waals surface area contributed by atoms with Gasteiger partial charge in [-0.3, -0.25) is 9.59 Å². The van der Waals surface area contributed by atoms with Crippen LogP contribution in [0.3, 0.4) is 0 Å². The molecule has 5 rings (SSSR count). The molecule has 0 aliphatic carbocycles. The first-order valence-electron chi connectivity index (χ1n) is 22.8. The van der Waals surface area contributed by atoms with Gasteiger partial charge >= 0.3 is 18.0 Å². The minimum atomic E-state index is -1.59. The molecule has 3 aliphatic heterocycles. The van der Waals surface area contributed by atoms with Crippen LogP contribution in [0.2, 0.25) is 0 Å². The summed E-state index contributed by atoms with van der Waals surface area (Å²) in [6, 6.07) is 6.65. The third-order valence-electron chi connectivity index (χ3n) is 11.6. The number of fused-ring (bicyclic) bond motifs is 3. The highest BCUT2D eigenvalue weighted by molar-refractivity contribution is 5.99. The van der Waals surface area contributed by atoms with E-state index in [0.717, 1.165) is 5.56 Å². The molecule has 1 saturated heterocycles. The molecule has 2 aromatic carbocycles. The molecular weight excluding hydrogens is 883 g/mol. The second-order valence-electron chi connectivity index (χ2n) is 17.3. The number of esters is 2. The highest BCUT2D eigenvalue weighted by atomic mass is 16.8. The van der Waals surface area contributed by atoms with E-state index in [0.29, 0.717) is 60.1 Å². The molecule has 17 nitrogen and oxygen atoms in total. The van der Waals surface area contributed by atoms with Crippen molar-refractivity contribution < 1.29 is 77.6 Å². The van der Waals surface area contributed by atoms with Crippen LogP contribution in [0.4, 0.5) is 4.79 Å². The number of carbonyl (C=O) groups is 5. The predicted molar refractivity (Wildman–Crippen MR) is 251 cm³/mol. The fourth-order valence-corrected chi connectivity index (χ4v) is 7.43. The van der Waals surface area contributed by atoms with E-state index in [1.54, 1.807) is 58.9 Å². The topological polar surface area (TPSA) is 243 Å². The molecule has 0 radical (unpaired) electrons. The maximum Gasteiger partial charge on any atom is 0.406 e. The number of methoxy groups -OCH3 is 1. The van der Waals surface area contributed by atoms with Crippen LogP contribution in [0.5, 0.6) is 11.5 Å². The average Bonchev–Trinajstić information content (AvgIpc) is 3.62. The van der Waals surface area contributed by atoms with Gasteiger partial charge in [-0.25, -0.2) is 14.4 Å². The van der Waals surface area contributed by atoms with E-state index in [4.69, 9.17) is 33.2 Å². The molecule has 3 heterocycles. The summed E-state index contributed by atoms with van der Waals surface area (Å²) in [6.45, 7) is 10.8. The van der Waals surface area contributed by atoms with Gasteiger partial charge in [-0.2, -0.15) is 0 Å². The van der Waals surface area contributed by atoms with E-state index in [1.807, 2.05) is 25.1 Å². The molecule has 68 heavy (non-hydrogen) atoms. The number of ketones is 2. The number of aryl methyl sites for hydroxylation is 2. The fourth-order valence-electron chi connectivity index (χ4n) is 7.43. The van der Waals surface area contributed by atoms with Gasteiger partial charge < -0.3 is 58.9 Å². The van der Waals surface area contributed by atoms with Crippen LogP contribution in [0.25, 0.3) is 12.2 Å². The van der Waals surface area contributed by atoms with Gasteiger partial charge in [0.25, 0.3) is 0 Å². The number of aromatic hydroxyl groups is 1. The normalized spacial score (nSPS) is 26.7. The predicted octanol–water partition coefficient (Wildman–Crippen LogP) is 5.96. The summed E-state index contributed by atoms with van der Waals surface area (Å²) in [4.78, 5) is 62.6. The summed E-state index contributed by atoms with van der Waals surface area (Å²) in [5.74, 6) is -3.47. The summed E-state index contributed by atoms with van der Waals surface area (Å²) in [7, 11) is 2.96. The molecule has 3 aliphatic rings. The van der Waals surface area contributed by atoms with Crippen LogP contribution < -0.4 is 10.1 Å². The van der Waals surface area contributed by atoms with E-state index >= 15 is 0 Å². The number of phenols is 1. The molecule has 5 N–H and O–H groups in total. The zero-order chi connectivity index (χ0) is 50.1. The van der Waals surface area contributed by atoms with Crippen LogP contribution in [-0.4, -0.2) is 127 Å². The molecule has 0 bridgehead atoms. The highest BCUT2D eigenvalue weighted by Crippen LogP contribution is 2.34. The molecule has 0 unspecified atom stereocenters. The van der Waals surface area contributed by atoms with Gasteiger partial charge in [0.05, 0.1) is 18.8 Å². The zero-order valence-corrected chi connectivity index (χ0v) is 40.1. The lowest BCUT2D eigenvalue weighted by molar-refractivity contribution is -0.152. The first-order valence-corrected chi connectivity index (χ1v) is 22.8. The number of rotatable bonds is 10. The Morgan fingerprint density at radius 3 is 1.97 bits per heavy atom. The molecule has 1 fully saturated rings. The van der Waals surface area contributed by atoms with Crippen LogP contribution in [0, 0.1) is 11.8 Å². The minimum Gasteiger partial charge on any atom is -0.507 e. The summed E-state index contributed by atoms with van der Waals surface area (Å²) < 4.78 is 39.0. The van der Waals surface area contributed by atoms with E-state index < -0.39 is 66.2 Å². The lowest BCUT2D eigenvalue weighted by atomic mass is 9.95. The Morgan fingerprint density at radius 2 is 1.35 bits per heavy atom. The lowest BCUT2D eigenvalue weighted by Gasteiger charge is -2.22. The first kappa shape index (κ1) is 54.9. The fraction of sp³-hybridized carbons (Fsp3) is 0.510. The number of aliphatic hydroxyl groups excluding tert-OH is 3. The minimum absolute atomic E-state index is 0.0257. The Kier molecular flexibility index (Phi) is 21.1. The Balaban J connectivity index is 0.000000297. The van der Waals surface area contributed by atoms with Crippen molar-refractivity contribution in [3.63, 3.8) is 0 Å². The van der Waals surface area contributed by atoms with Gasteiger partial charge in [0.2, 0.25) is 0 Å². The number of hydrogen-bond donors (Lipinski definition) is 5. The van der Waals surface area contributed by atoms with Crippen molar-refractivity contribution in [2.45, 2.75) is 122 Å². The zero-order valence-electron chi connectivity index (χ0n) is 40.1. The third kappa shape index (κ3) is 15.4. The largest absolute Gasteiger partial charge is 0.507 e. The van der Waals surface area contributed by atoms with Crippen molar-refractivity contribution in [2.24, 2.45) is 11.8 Å². The van der Waals surface area contributed by atoms with Crippen LogP contribution >= 0.6 is 0 Å². The molecule has 0 spiro atoms. The number of alkyl carbamates (subject to hydrolysis) is 1. The Labute approximate surface area is 397 Å². The van der Waals surface area contributed by atoms with Crippen molar-refractivity contribution in [3.8, 4) is 11.5 Å². The molecule has 372 valence electrons. The number of aliphatic hydroxyl groups is 3. The maximum atomic E-state index is 13.4. The SMILES string of the molecule is CNC(=O)OCCCc1ccc(O)c2c1/C=C/C[C@H](O)[C@H](O)C(=O)/C=C\[C@@H](C)[C@H](C)OC2=O.COCOc1ccc(CCCO)c2c1C(=O)O[C@@H](C)[C@H](C)/C=C\C(=O)[C@H]1OC(C)(C)O[C@H]1CC=C2. The molecule has 8 atom stereocenters. The summed E-state index contributed by atoms with van der Waals surface area (Å²) >= 11 is 0. The second kappa shape index (κ2) is 26.2. The summed E-state index contributed by atoms with van der Waals surface area (Å²) in [6.07, 6.45) is 9.14. The van der Waals surface area contributed by atoms with Crippen molar-refractivity contribution in [3.05, 3.63) is 94.1 Å². The van der Waals surface area contributed by atoms with E-state index in [2.05, 4.69) is 5.32 Å². The summed E-state index contributed by atoms with van der Waals surface area (Å²) in [5, 5.41) is 42.5. The van der Waals surface area contributed by atoms with Crippen LogP contribution in [0.15, 0.2) is 60.7 Å². The highest BCUT2D eigenvalue weighted by Gasteiger charge is 2.44. The Morgan fingerprint density at radius 1 is 0.779 bits per heavy atom. The number of hydrogen-bond acceptors (Lipinski definition) is 16. The first-order chi connectivity index (χ1) is 32.3. The van der Waals surface area contributed by atoms with Crippen molar-refractivity contribution in [1.29, 1.82) is 0 Å². The van der Waals surface area contributed by atoms with Crippen LogP contribution in [0.1, 0.15) is 110 Å². The standard InChI is InChI=1S/C27H36O8.C24H31NO8/c1-17-11-13-21(29)25-23(34-27(3,4)35-25)10-6-9-20-19(8-7-15-28)12-14-22(32-16-31-5)24(20)26(30)33-18(17)2;1-14-9-11-20(28)22(29)19(27)8-4-7-17-16(6-5-13-32-24(31)25-3)10-12-18(26)21(17)23(30)33-15(14)2/h6,9,11-14,17-18,23,25,28H,7-8,10,15-16H2,1-5H3;4,7,9-12,14-15,19,22,26-27,29H,5-6,8,13H2,1-3H3,(H,25,31)/b9-6?,13-11-;7-4+,11-9-/t17-,18+,23+,25-;14-,15+,19+,22+/m11/s1. The number of nitrogens with one attached hydrogen (secondary N) is 1. The van der Waals surface area contributed by atoms with Gasteiger partial charge in [0.1, 0.15) is 47.0 Å². The van der Waals surface area contributed by atoms with Gasteiger partial charge in [-0.15, -0.1) is 0 Å². The quantitative estimate of drug-likeness (QED) is 0.0798. The van der Waals surface area contributed by atoms with Crippen molar-refractivity contribution in [2.75, 3.05) is 34.2 Å². The van der Waals surface area contributed by atoms with Gasteiger partial charge in [-0.1, -0.05) is 62.4 Å². The number of cyclic esters (lactones) is 2. The molecule has 17 heteroatoms.